The van der Waals surface area contributed by atoms with Crippen molar-refractivity contribution < 1.29 is 0 Å². The summed E-state index contributed by atoms with van der Waals surface area (Å²) in [6, 6.07) is 88.6. The van der Waals surface area contributed by atoms with Gasteiger partial charge in [0, 0.05) is 5.54 Å². The zero-order valence-electron chi connectivity index (χ0n) is 35.7. The quantitative estimate of drug-likeness (QED) is 0.0851. The molecule has 0 bridgehead atoms. The van der Waals surface area contributed by atoms with Gasteiger partial charge in [-0.25, -0.2) is 0 Å². The van der Waals surface area contributed by atoms with E-state index in [2.05, 4.69) is 262 Å². The summed E-state index contributed by atoms with van der Waals surface area (Å²) in [6.07, 6.45) is 9.46. The molecule has 0 heterocycles. The summed E-state index contributed by atoms with van der Waals surface area (Å²) in [7, 11) is -3.23. The van der Waals surface area contributed by atoms with Gasteiger partial charge in [-0.3, -0.25) is 0 Å². The average molecular weight is 823 g/mol. The maximum absolute atomic E-state index is 3.23. The molecule has 0 saturated heterocycles. The van der Waals surface area contributed by atoms with Crippen LogP contribution in [0.3, 0.4) is 0 Å². The van der Waals surface area contributed by atoms with Gasteiger partial charge in [-0.2, -0.15) is 0 Å². The Morgan fingerprint density at radius 3 is 0.810 bits per heavy atom. The molecule has 0 aromatic heterocycles. The van der Waals surface area contributed by atoms with E-state index in [-0.39, 0.29) is 5.54 Å². The van der Waals surface area contributed by atoms with E-state index in [9.17, 15) is 0 Å². The molecule has 0 nitrogen and oxygen atoms in total. The highest BCUT2D eigenvalue weighted by molar-refractivity contribution is 7.13. The first kappa shape index (κ1) is 39.8. The van der Waals surface area contributed by atoms with Crippen molar-refractivity contribution in [1.29, 1.82) is 0 Å². The second-order valence-corrected chi connectivity index (χ2v) is 20.7. The second-order valence-electron chi connectivity index (χ2n) is 16.8. The molecule has 0 aliphatic heterocycles. The zero-order valence-corrected chi connectivity index (χ0v) is 36.7. The molecule has 0 radical (unpaired) electrons. The van der Waals surface area contributed by atoms with Crippen molar-refractivity contribution in [3.63, 3.8) is 0 Å². The predicted molar refractivity (Wildman–Crippen MR) is 272 cm³/mol. The lowest BCUT2D eigenvalue weighted by molar-refractivity contribution is 0.880. The van der Waals surface area contributed by atoms with Crippen LogP contribution in [0.2, 0.25) is 5.54 Å². The van der Waals surface area contributed by atoms with Crippen LogP contribution >= 0.6 is 0 Å². The lowest BCUT2D eigenvalue weighted by Gasteiger charge is -2.41. The Kier molecular flexibility index (Phi) is 11.3. The molecule has 9 aromatic carbocycles. The van der Waals surface area contributed by atoms with Crippen molar-refractivity contribution in [3.8, 4) is 66.8 Å². The minimum Gasteiger partial charge on any atom is -0.0790 e. The standard InChI is InChI=1S/C62H50Si/c1-2-22-52-35-21-36-62(52)63(59-40-53(46-23-9-3-10-24-46)37-54(41-59)47-25-11-4-12-26-47,60-42-55(48-27-13-5-14-28-48)38-56(43-60)49-29-15-6-16-30-49)61-44-57(50-31-17-7-18-32-50)39-58(45-61)51-33-19-8-20-34-51/h3-21,23-45,62H,2,22H2,1H3. The van der Waals surface area contributed by atoms with Gasteiger partial charge in [-0.05, 0) is 107 Å². The highest BCUT2D eigenvalue weighted by Gasteiger charge is 2.48. The fourth-order valence-electron chi connectivity index (χ4n) is 9.86. The molecule has 0 N–H and O–H groups in total. The Labute approximate surface area is 374 Å². The van der Waals surface area contributed by atoms with Crippen molar-refractivity contribution in [1.82, 2.24) is 0 Å². The Bertz CT molecular complexity index is 2550. The van der Waals surface area contributed by atoms with Crippen LogP contribution in [0.4, 0.5) is 0 Å². The second kappa shape index (κ2) is 18.0. The van der Waals surface area contributed by atoms with Crippen LogP contribution < -0.4 is 15.6 Å². The van der Waals surface area contributed by atoms with Crippen molar-refractivity contribution in [2.75, 3.05) is 0 Å². The summed E-state index contributed by atoms with van der Waals surface area (Å²) in [6.45, 7) is 2.33. The molecule has 302 valence electrons. The Morgan fingerprint density at radius 1 is 0.317 bits per heavy atom. The van der Waals surface area contributed by atoms with Crippen LogP contribution in [0.5, 0.6) is 0 Å². The average Bonchev–Trinajstić information content (AvgIpc) is 3.84. The molecule has 0 amide bonds. The van der Waals surface area contributed by atoms with Gasteiger partial charge < -0.3 is 0 Å². The van der Waals surface area contributed by atoms with Gasteiger partial charge in [0.05, 0.1) is 0 Å². The SMILES string of the molecule is CCCC1=CC=CC1[Si](c1cc(-c2ccccc2)cc(-c2ccccc2)c1)(c1cc(-c2ccccc2)cc(-c2ccccc2)c1)c1cc(-c2ccccc2)cc(-c2ccccc2)c1. The summed E-state index contributed by atoms with van der Waals surface area (Å²) in [4.78, 5) is 0. The molecule has 1 aliphatic rings. The fraction of sp³-hybridized carbons (Fsp3) is 0.0645. The third-order valence-electron chi connectivity index (χ3n) is 12.8. The minimum absolute atomic E-state index is 0.149. The number of hydrogen-bond donors (Lipinski definition) is 0. The topological polar surface area (TPSA) is 0 Å². The molecule has 1 atom stereocenters. The van der Waals surface area contributed by atoms with E-state index in [0.29, 0.717) is 0 Å². The summed E-state index contributed by atoms with van der Waals surface area (Å²) < 4.78 is 0. The molecule has 1 heteroatoms. The first-order chi connectivity index (χ1) is 31.2. The van der Waals surface area contributed by atoms with Crippen molar-refractivity contribution in [2.24, 2.45) is 0 Å². The van der Waals surface area contributed by atoms with E-state index in [1.165, 1.54) is 87.9 Å². The van der Waals surface area contributed by atoms with Crippen molar-refractivity contribution in [2.45, 2.75) is 25.3 Å². The Hall–Kier alpha value is -7.32. The summed E-state index contributed by atoms with van der Waals surface area (Å²) in [5.74, 6) is 0. The van der Waals surface area contributed by atoms with Crippen LogP contribution in [0.15, 0.2) is 260 Å². The van der Waals surface area contributed by atoms with Gasteiger partial charge in [-0.1, -0.05) is 256 Å². The monoisotopic (exact) mass is 822 g/mol. The maximum atomic E-state index is 2.57. The molecule has 0 saturated carbocycles. The summed E-state index contributed by atoms with van der Waals surface area (Å²) in [5.41, 5.74) is 16.4. The molecule has 10 rings (SSSR count). The number of benzene rings is 9. The van der Waals surface area contributed by atoms with Crippen molar-refractivity contribution >= 4 is 23.6 Å². The Morgan fingerprint density at radius 2 is 0.571 bits per heavy atom. The number of hydrogen-bond acceptors (Lipinski definition) is 0. The lowest BCUT2D eigenvalue weighted by atomic mass is 9.98. The smallest absolute Gasteiger partial charge is 0.0790 e. The molecule has 9 aromatic rings. The lowest BCUT2D eigenvalue weighted by Crippen LogP contribution is -2.70. The van der Waals surface area contributed by atoms with E-state index >= 15 is 0 Å². The summed E-state index contributed by atoms with van der Waals surface area (Å²) >= 11 is 0. The van der Waals surface area contributed by atoms with Crippen LogP contribution in [-0.4, -0.2) is 8.07 Å². The highest BCUT2D eigenvalue weighted by atomic mass is 28.3. The van der Waals surface area contributed by atoms with Crippen molar-refractivity contribution in [3.05, 3.63) is 260 Å². The van der Waals surface area contributed by atoms with Crippen LogP contribution in [-0.2, 0) is 0 Å². The Balaban J connectivity index is 1.40. The predicted octanol–water partition coefficient (Wildman–Crippen LogP) is 14.8. The third-order valence-corrected chi connectivity index (χ3v) is 17.9. The van der Waals surface area contributed by atoms with Crippen LogP contribution in [0, 0.1) is 0 Å². The van der Waals surface area contributed by atoms with Gasteiger partial charge in [0.25, 0.3) is 0 Å². The molecule has 63 heavy (non-hydrogen) atoms. The van der Waals surface area contributed by atoms with Gasteiger partial charge >= 0.3 is 0 Å². The maximum Gasteiger partial charge on any atom is 0.159 e. The molecule has 0 fully saturated rings. The van der Waals surface area contributed by atoms with E-state index in [0.717, 1.165) is 12.8 Å². The molecule has 1 unspecified atom stereocenters. The van der Waals surface area contributed by atoms with E-state index in [1.54, 1.807) is 0 Å². The minimum atomic E-state index is -3.23. The van der Waals surface area contributed by atoms with Gasteiger partial charge in [0.1, 0.15) is 0 Å². The van der Waals surface area contributed by atoms with E-state index in [4.69, 9.17) is 0 Å². The van der Waals surface area contributed by atoms with Crippen LogP contribution in [0.25, 0.3) is 66.8 Å². The zero-order chi connectivity index (χ0) is 42.4. The molecular formula is C62H50Si. The normalized spacial score (nSPS) is 13.5. The van der Waals surface area contributed by atoms with E-state index in [1.807, 2.05) is 0 Å². The first-order valence-electron chi connectivity index (χ1n) is 22.3. The molecule has 1 aliphatic carbocycles. The largest absolute Gasteiger partial charge is 0.159 e. The summed E-state index contributed by atoms with van der Waals surface area (Å²) in [5, 5.41) is 4.19. The van der Waals surface area contributed by atoms with Gasteiger partial charge in [0.2, 0.25) is 0 Å². The molecule has 0 spiro atoms. The van der Waals surface area contributed by atoms with E-state index < -0.39 is 8.07 Å². The van der Waals surface area contributed by atoms with Gasteiger partial charge in [-0.15, -0.1) is 0 Å². The first-order valence-corrected chi connectivity index (χ1v) is 24.4. The highest BCUT2D eigenvalue weighted by Crippen LogP contribution is 2.41. The van der Waals surface area contributed by atoms with Gasteiger partial charge in [0.15, 0.2) is 8.07 Å². The number of rotatable bonds is 12. The third kappa shape index (κ3) is 8.00. The fourth-order valence-corrected chi connectivity index (χ4v) is 15.4. The van der Waals surface area contributed by atoms with Crippen LogP contribution in [0.1, 0.15) is 19.8 Å². The molecular weight excluding hydrogens is 773 g/mol. The number of allylic oxidation sites excluding steroid dienone is 4.